The second-order valence-electron chi connectivity index (χ2n) is 6.90. The van der Waals surface area contributed by atoms with Gasteiger partial charge in [-0.15, -0.1) is 11.3 Å². The van der Waals surface area contributed by atoms with Crippen molar-refractivity contribution in [1.82, 2.24) is 0 Å². The summed E-state index contributed by atoms with van der Waals surface area (Å²) in [5, 5.41) is 1.93. The number of fused-ring (bicyclic) bond motifs is 1. The Labute approximate surface area is 166 Å². The molecule has 6 heteroatoms. The van der Waals surface area contributed by atoms with Gasteiger partial charge in [0.1, 0.15) is 5.82 Å². The van der Waals surface area contributed by atoms with E-state index in [9.17, 15) is 14.0 Å². The van der Waals surface area contributed by atoms with Gasteiger partial charge in [-0.1, -0.05) is 24.3 Å². The maximum absolute atomic E-state index is 13.5. The van der Waals surface area contributed by atoms with Crippen LogP contribution in [0.1, 0.15) is 27.7 Å². The third kappa shape index (κ3) is 3.43. The summed E-state index contributed by atoms with van der Waals surface area (Å²) in [4.78, 5) is 28.6. The van der Waals surface area contributed by atoms with E-state index in [-0.39, 0.29) is 18.1 Å². The summed E-state index contributed by atoms with van der Waals surface area (Å²) in [6, 6.07) is 16.7. The van der Waals surface area contributed by atoms with Gasteiger partial charge in [-0.25, -0.2) is 9.18 Å². The number of esters is 1. The third-order valence-electron chi connectivity index (χ3n) is 4.81. The van der Waals surface area contributed by atoms with Gasteiger partial charge in [0.05, 0.1) is 12.1 Å². The molecule has 1 aromatic heterocycles. The molecule has 1 aliphatic heterocycles. The Morgan fingerprint density at radius 3 is 2.61 bits per heavy atom. The Balaban J connectivity index is 1.70. The summed E-state index contributed by atoms with van der Waals surface area (Å²) in [5.41, 5.74) is 0.483. The number of ether oxygens (including phenoxy) is 1. The number of amides is 1. The Morgan fingerprint density at radius 2 is 1.89 bits per heavy atom. The molecule has 4 nitrogen and oxygen atoms in total. The number of cyclic esters (lactones) is 1. The van der Waals surface area contributed by atoms with Crippen molar-refractivity contribution in [3.63, 3.8) is 0 Å². The first-order chi connectivity index (χ1) is 13.5. The average molecular weight is 395 g/mol. The second-order valence-corrected chi connectivity index (χ2v) is 7.93. The highest BCUT2D eigenvalue weighted by Crippen LogP contribution is 2.32. The Hall–Kier alpha value is -2.99. The lowest BCUT2D eigenvalue weighted by molar-refractivity contribution is -0.137. The molecule has 0 N–H and O–H groups in total. The van der Waals surface area contributed by atoms with Crippen molar-refractivity contribution in [2.75, 3.05) is 4.90 Å². The van der Waals surface area contributed by atoms with Crippen molar-refractivity contribution in [3.05, 3.63) is 87.9 Å². The summed E-state index contributed by atoms with van der Waals surface area (Å²) < 4.78 is 19.0. The summed E-state index contributed by atoms with van der Waals surface area (Å²) in [6.07, 6.45) is 0.288. The van der Waals surface area contributed by atoms with Crippen LogP contribution < -0.4 is 4.90 Å². The number of carbonyl (C=O) groups excluding carboxylic acids is 2. The largest absolute Gasteiger partial charge is 0.445 e. The molecule has 0 radical (unpaired) electrons. The topological polar surface area (TPSA) is 46.6 Å². The van der Waals surface area contributed by atoms with E-state index in [1.807, 2.05) is 29.6 Å². The first-order valence-corrected chi connectivity index (χ1v) is 9.75. The molecule has 0 saturated carbocycles. The zero-order valence-corrected chi connectivity index (χ0v) is 16.0. The zero-order valence-electron chi connectivity index (χ0n) is 15.2. The molecule has 0 bridgehead atoms. The van der Waals surface area contributed by atoms with E-state index in [1.54, 1.807) is 36.1 Å². The molecule has 1 atom stereocenters. The van der Waals surface area contributed by atoms with Gasteiger partial charge >= 0.3 is 5.97 Å². The van der Waals surface area contributed by atoms with Crippen molar-refractivity contribution in [2.45, 2.75) is 25.5 Å². The lowest BCUT2D eigenvalue weighted by atomic mass is 9.88. The molecule has 1 unspecified atom stereocenters. The quantitative estimate of drug-likeness (QED) is 0.607. The average Bonchev–Trinajstić information content (AvgIpc) is 3.19. The molecule has 2 aromatic carbocycles. The molecule has 142 valence electrons. The van der Waals surface area contributed by atoms with Crippen molar-refractivity contribution in [2.24, 2.45) is 0 Å². The van der Waals surface area contributed by atoms with Crippen LogP contribution in [0, 0.1) is 5.82 Å². The van der Waals surface area contributed by atoms with Crippen molar-refractivity contribution in [1.29, 1.82) is 0 Å². The van der Waals surface area contributed by atoms with Gasteiger partial charge in [0.25, 0.3) is 5.91 Å². The highest BCUT2D eigenvalue weighted by atomic mass is 32.1. The Bertz CT molecular complexity index is 1020. The predicted octanol–water partition coefficient (Wildman–Crippen LogP) is 4.59. The van der Waals surface area contributed by atoms with E-state index >= 15 is 0 Å². The standard InChI is InChI=1S/C22H18FNO3S/c1-22(13-15-5-2-3-7-19(15)20(25)27-22)21(26)24(14-18-6-4-12-28-18)17-10-8-16(23)9-11-17/h2-12H,13-14H2,1H3. The van der Waals surface area contributed by atoms with Crippen LogP contribution in [0.25, 0.3) is 0 Å². The molecule has 0 saturated heterocycles. The smallest absolute Gasteiger partial charge is 0.339 e. The molecular formula is C22H18FNO3S. The second kappa shape index (κ2) is 7.20. The van der Waals surface area contributed by atoms with Crippen LogP contribution in [0.2, 0.25) is 0 Å². The maximum atomic E-state index is 13.5. The lowest BCUT2D eigenvalue weighted by Gasteiger charge is -2.37. The van der Waals surface area contributed by atoms with E-state index in [1.165, 1.54) is 23.5 Å². The van der Waals surface area contributed by atoms with Crippen LogP contribution in [-0.4, -0.2) is 17.5 Å². The molecule has 0 spiro atoms. The van der Waals surface area contributed by atoms with Crippen LogP contribution in [-0.2, 0) is 22.5 Å². The highest BCUT2D eigenvalue weighted by molar-refractivity contribution is 7.09. The van der Waals surface area contributed by atoms with Crippen molar-refractivity contribution < 1.29 is 18.7 Å². The minimum atomic E-state index is -1.34. The molecule has 1 aliphatic rings. The monoisotopic (exact) mass is 395 g/mol. The first-order valence-electron chi connectivity index (χ1n) is 8.87. The SMILES string of the molecule is CC1(C(=O)N(Cc2cccs2)c2ccc(F)cc2)Cc2ccccc2C(=O)O1. The summed E-state index contributed by atoms with van der Waals surface area (Å²) in [7, 11) is 0. The maximum Gasteiger partial charge on any atom is 0.339 e. The first kappa shape index (κ1) is 18.4. The van der Waals surface area contributed by atoms with Gasteiger partial charge in [-0.2, -0.15) is 0 Å². The lowest BCUT2D eigenvalue weighted by Crippen LogP contribution is -2.53. The van der Waals surface area contributed by atoms with Crippen LogP contribution in [0.5, 0.6) is 0 Å². The van der Waals surface area contributed by atoms with Crippen LogP contribution in [0.3, 0.4) is 0 Å². The Morgan fingerprint density at radius 1 is 1.14 bits per heavy atom. The van der Waals surface area contributed by atoms with E-state index in [0.29, 0.717) is 17.8 Å². The zero-order chi connectivity index (χ0) is 19.7. The molecule has 0 aliphatic carbocycles. The molecule has 1 amide bonds. The number of benzene rings is 2. The van der Waals surface area contributed by atoms with Crippen LogP contribution in [0.15, 0.2) is 66.0 Å². The Kier molecular flexibility index (Phi) is 4.73. The number of rotatable bonds is 4. The number of carbonyl (C=O) groups is 2. The van der Waals surface area contributed by atoms with Crippen LogP contribution in [0.4, 0.5) is 10.1 Å². The number of hydrogen-bond acceptors (Lipinski definition) is 4. The normalized spacial score (nSPS) is 18.3. The summed E-state index contributed by atoms with van der Waals surface area (Å²) >= 11 is 1.53. The minimum absolute atomic E-state index is 0.288. The number of anilines is 1. The molecule has 4 rings (SSSR count). The molecule has 28 heavy (non-hydrogen) atoms. The minimum Gasteiger partial charge on any atom is -0.445 e. The molecular weight excluding hydrogens is 377 g/mol. The van der Waals surface area contributed by atoms with Gasteiger partial charge in [0.2, 0.25) is 0 Å². The molecule has 3 aromatic rings. The van der Waals surface area contributed by atoms with E-state index < -0.39 is 11.6 Å². The van der Waals surface area contributed by atoms with Gasteiger partial charge in [0, 0.05) is 17.0 Å². The summed E-state index contributed by atoms with van der Waals surface area (Å²) in [5.74, 6) is -1.22. The van der Waals surface area contributed by atoms with Gasteiger partial charge in [0.15, 0.2) is 5.60 Å². The fraction of sp³-hybridized carbons (Fsp3) is 0.182. The van der Waals surface area contributed by atoms with E-state index in [2.05, 4.69) is 0 Å². The van der Waals surface area contributed by atoms with E-state index in [0.717, 1.165) is 10.4 Å². The molecule has 0 fully saturated rings. The third-order valence-corrected chi connectivity index (χ3v) is 5.67. The van der Waals surface area contributed by atoms with Gasteiger partial charge < -0.3 is 9.64 Å². The number of halogens is 1. The van der Waals surface area contributed by atoms with Crippen molar-refractivity contribution in [3.8, 4) is 0 Å². The van der Waals surface area contributed by atoms with E-state index in [4.69, 9.17) is 4.74 Å². The number of hydrogen-bond donors (Lipinski definition) is 0. The highest BCUT2D eigenvalue weighted by Gasteiger charge is 2.45. The predicted molar refractivity (Wildman–Crippen MR) is 106 cm³/mol. The fourth-order valence-corrected chi connectivity index (χ4v) is 4.09. The van der Waals surface area contributed by atoms with Gasteiger partial charge in [-0.05, 0) is 54.3 Å². The fourth-order valence-electron chi connectivity index (χ4n) is 3.40. The molecule has 2 heterocycles. The van der Waals surface area contributed by atoms with Crippen molar-refractivity contribution >= 4 is 28.9 Å². The number of nitrogens with zero attached hydrogens (tertiary/aromatic N) is 1. The summed E-state index contributed by atoms with van der Waals surface area (Å²) in [6.45, 7) is 1.95. The number of thiophene rings is 1. The van der Waals surface area contributed by atoms with Crippen LogP contribution >= 0.6 is 11.3 Å². The van der Waals surface area contributed by atoms with Gasteiger partial charge in [-0.3, -0.25) is 4.79 Å².